The van der Waals surface area contributed by atoms with Crippen LogP contribution in [0.2, 0.25) is 0 Å². The van der Waals surface area contributed by atoms with Crippen LogP contribution in [0.25, 0.3) is 11.3 Å². The van der Waals surface area contributed by atoms with Crippen LogP contribution in [0.3, 0.4) is 0 Å². The molecule has 2 nitrogen and oxygen atoms in total. The lowest BCUT2D eigenvalue weighted by atomic mass is 9.99. The SMILES string of the molecule is Cc1ccc(C)c(-c2nc(Br)n3c2CCCC3)c1. The van der Waals surface area contributed by atoms with Crippen molar-refractivity contribution >= 4 is 15.9 Å². The fourth-order valence-electron chi connectivity index (χ4n) is 2.71. The van der Waals surface area contributed by atoms with Gasteiger partial charge in [0.2, 0.25) is 0 Å². The minimum Gasteiger partial charge on any atom is -0.322 e. The Morgan fingerprint density at radius 3 is 2.89 bits per heavy atom. The zero-order valence-electron chi connectivity index (χ0n) is 10.8. The summed E-state index contributed by atoms with van der Waals surface area (Å²) < 4.78 is 3.30. The minimum atomic E-state index is 0.980. The molecule has 18 heavy (non-hydrogen) atoms. The Bertz CT molecular complexity index is 599. The maximum Gasteiger partial charge on any atom is 0.177 e. The average Bonchev–Trinajstić information content (AvgIpc) is 2.71. The van der Waals surface area contributed by atoms with Crippen molar-refractivity contribution in [1.82, 2.24) is 9.55 Å². The van der Waals surface area contributed by atoms with Crippen LogP contribution < -0.4 is 0 Å². The van der Waals surface area contributed by atoms with Crippen molar-refractivity contribution in [3.63, 3.8) is 0 Å². The molecule has 0 amide bonds. The fourth-order valence-corrected chi connectivity index (χ4v) is 3.27. The number of aromatic nitrogens is 2. The predicted molar refractivity (Wildman–Crippen MR) is 77.8 cm³/mol. The van der Waals surface area contributed by atoms with E-state index in [0.717, 1.165) is 17.7 Å². The van der Waals surface area contributed by atoms with Gasteiger partial charge in [0.1, 0.15) is 0 Å². The number of fused-ring (bicyclic) bond motifs is 1. The first kappa shape index (κ1) is 12.0. The Labute approximate surface area is 116 Å². The molecule has 1 aromatic heterocycles. The largest absolute Gasteiger partial charge is 0.322 e. The molecular formula is C15H17BrN2. The number of benzene rings is 1. The standard InChI is InChI=1S/C15H17BrN2/c1-10-6-7-11(2)12(9-10)14-13-5-3-4-8-18(13)15(16)17-14/h6-7,9H,3-5,8H2,1-2H3. The first-order valence-electron chi connectivity index (χ1n) is 6.49. The van der Waals surface area contributed by atoms with Crippen molar-refractivity contribution in [3.8, 4) is 11.3 Å². The molecule has 2 aromatic rings. The van der Waals surface area contributed by atoms with E-state index in [-0.39, 0.29) is 0 Å². The summed E-state index contributed by atoms with van der Waals surface area (Å²) in [6.07, 6.45) is 3.67. The van der Waals surface area contributed by atoms with Gasteiger partial charge in [-0.1, -0.05) is 17.7 Å². The molecule has 0 spiro atoms. The summed E-state index contributed by atoms with van der Waals surface area (Å²) >= 11 is 3.60. The molecule has 1 aromatic carbocycles. The summed E-state index contributed by atoms with van der Waals surface area (Å²) in [7, 11) is 0. The first-order valence-corrected chi connectivity index (χ1v) is 7.28. The highest BCUT2D eigenvalue weighted by Gasteiger charge is 2.20. The summed E-state index contributed by atoms with van der Waals surface area (Å²) in [6.45, 7) is 5.39. The number of imidazole rings is 1. The molecule has 94 valence electrons. The molecule has 2 heterocycles. The van der Waals surface area contributed by atoms with Crippen LogP contribution in [0.5, 0.6) is 0 Å². The van der Waals surface area contributed by atoms with Gasteiger partial charge in [-0.15, -0.1) is 0 Å². The third-order valence-electron chi connectivity index (χ3n) is 3.72. The Morgan fingerprint density at radius 1 is 1.22 bits per heavy atom. The van der Waals surface area contributed by atoms with E-state index in [4.69, 9.17) is 4.98 Å². The Hall–Kier alpha value is -1.09. The van der Waals surface area contributed by atoms with Crippen LogP contribution in [0.1, 0.15) is 29.7 Å². The molecule has 0 N–H and O–H groups in total. The highest BCUT2D eigenvalue weighted by molar-refractivity contribution is 9.10. The Kier molecular flexibility index (Phi) is 3.02. The fraction of sp³-hybridized carbons (Fsp3) is 0.400. The molecular weight excluding hydrogens is 288 g/mol. The van der Waals surface area contributed by atoms with E-state index >= 15 is 0 Å². The van der Waals surface area contributed by atoms with Crippen LogP contribution in [-0.4, -0.2) is 9.55 Å². The van der Waals surface area contributed by atoms with Gasteiger partial charge < -0.3 is 4.57 Å². The second-order valence-corrected chi connectivity index (χ2v) is 5.81. The van der Waals surface area contributed by atoms with Crippen molar-refractivity contribution in [2.75, 3.05) is 0 Å². The monoisotopic (exact) mass is 304 g/mol. The van der Waals surface area contributed by atoms with Crippen molar-refractivity contribution < 1.29 is 0 Å². The molecule has 0 unspecified atom stereocenters. The molecule has 0 saturated carbocycles. The van der Waals surface area contributed by atoms with Crippen LogP contribution in [0.15, 0.2) is 22.9 Å². The van der Waals surface area contributed by atoms with Gasteiger partial charge in [-0.05, 0) is 60.7 Å². The third-order valence-corrected chi connectivity index (χ3v) is 4.32. The zero-order chi connectivity index (χ0) is 12.7. The number of aryl methyl sites for hydroxylation is 2. The molecule has 0 atom stereocenters. The van der Waals surface area contributed by atoms with Crippen LogP contribution in [-0.2, 0) is 13.0 Å². The van der Waals surface area contributed by atoms with Gasteiger partial charge in [-0.25, -0.2) is 4.98 Å². The van der Waals surface area contributed by atoms with Crippen molar-refractivity contribution in [2.45, 2.75) is 39.7 Å². The second-order valence-electron chi connectivity index (χ2n) is 5.10. The molecule has 1 aliphatic rings. The topological polar surface area (TPSA) is 17.8 Å². The van der Waals surface area contributed by atoms with E-state index < -0.39 is 0 Å². The highest BCUT2D eigenvalue weighted by Crippen LogP contribution is 2.32. The van der Waals surface area contributed by atoms with E-state index in [9.17, 15) is 0 Å². The summed E-state index contributed by atoms with van der Waals surface area (Å²) in [5.74, 6) is 0. The maximum atomic E-state index is 4.74. The third kappa shape index (κ3) is 1.91. The molecule has 3 heteroatoms. The number of hydrogen-bond acceptors (Lipinski definition) is 1. The summed E-state index contributed by atoms with van der Waals surface area (Å²) in [4.78, 5) is 4.74. The molecule has 0 bridgehead atoms. The summed E-state index contributed by atoms with van der Waals surface area (Å²) in [5, 5.41) is 0. The van der Waals surface area contributed by atoms with Gasteiger partial charge in [0, 0.05) is 17.8 Å². The van der Waals surface area contributed by atoms with Crippen LogP contribution in [0, 0.1) is 13.8 Å². The quantitative estimate of drug-likeness (QED) is 0.769. The van der Waals surface area contributed by atoms with Gasteiger partial charge in [-0.3, -0.25) is 0 Å². The molecule has 3 rings (SSSR count). The summed E-state index contributed by atoms with van der Waals surface area (Å²) in [5.41, 5.74) is 6.44. The van der Waals surface area contributed by atoms with Crippen molar-refractivity contribution in [1.29, 1.82) is 0 Å². The zero-order valence-corrected chi connectivity index (χ0v) is 12.4. The predicted octanol–water partition coefficient (Wildman–Crippen LogP) is 4.27. The number of halogens is 1. The van der Waals surface area contributed by atoms with Crippen molar-refractivity contribution in [3.05, 3.63) is 39.8 Å². The molecule has 0 saturated heterocycles. The second kappa shape index (κ2) is 4.54. The van der Waals surface area contributed by atoms with Crippen LogP contribution in [0.4, 0.5) is 0 Å². The first-order chi connectivity index (χ1) is 8.66. The normalized spacial score (nSPS) is 14.6. The van der Waals surface area contributed by atoms with E-state index in [2.05, 4.69) is 52.5 Å². The van der Waals surface area contributed by atoms with E-state index in [1.54, 1.807) is 0 Å². The lowest BCUT2D eigenvalue weighted by Gasteiger charge is -2.16. The lowest BCUT2D eigenvalue weighted by molar-refractivity contribution is 0.525. The van der Waals surface area contributed by atoms with Gasteiger partial charge in [0.05, 0.1) is 5.69 Å². The Balaban J connectivity index is 2.20. The number of rotatable bonds is 1. The van der Waals surface area contributed by atoms with Gasteiger partial charge in [-0.2, -0.15) is 0 Å². The van der Waals surface area contributed by atoms with E-state index in [0.29, 0.717) is 0 Å². The van der Waals surface area contributed by atoms with Gasteiger partial charge >= 0.3 is 0 Å². The average molecular weight is 305 g/mol. The smallest absolute Gasteiger partial charge is 0.177 e. The molecule has 0 aliphatic carbocycles. The molecule has 0 radical (unpaired) electrons. The Morgan fingerprint density at radius 2 is 2.06 bits per heavy atom. The lowest BCUT2D eigenvalue weighted by Crippen LogP contribution is -2.10. The van der Waals surface area contributed by atoms with Crippen molar-refractivity contribution in [2.24, 2.45) is 0 Å². The van der Waals surface area contributed by atoms with Crippen LogP contribution >= 0.6 is 15.9 Å². The van der Waals surface area contributed by atoms with Gasteiger partial charge in [0.25, 0.3) is 0 Å². The molecule has 0 fully saturated rings. The maximum absolute atomic E-state index is 4.74. The minimum absolute atomic E-state index is 0.980. The summed E-state index contributed by atoms with van der Waals surface area (Å²) in [6, 6.07) is 6.60. The number of nitrogens with zero attached hydrogens (tertiary/aromatic N) is 2. The number of hydrogen-bond donors (Lipinski definition) is 0. The van der Waals surface area contributed by atoms with Gasteiger partial charge in [0.15, 0.2) is 4.73 Å². The van der Waals surface area contributed by atoms with E-state index in [1.165, 1.54) is 40.9 Å². The van der Waals surface area contributed by atoms with E-state index in [1.807, 2.05) is 0 Å². The molecule has 1 aliphatic heterocycles. The highest BCUT2D eigenvalue weighted by atomic mass is 79.9.